The van der Waals surface area contributed by atoms with Gasteiger partial charge in [-0.3, -0.25) is 0 Å². The van der Waals surface area contributed by atoms with E-state index in [2.05, 4.69) is 15.5 Å². The quantitative estimate of drug-likeness (QED) is 0.775. The fourth-order valence-corrected chi connectivity index (χ4v) is 1.65. The molecular weight excluding hydrogens is 235 g/mol. The molecule has 2 rings (SSSR count). The Labute approximate surface area is 96.8 Å². The molecular formula is C9H8Cl2N4. The van der Waals surface area contributed by atoms with E-state index in [-0.39, 0.29) is 0 Å². The van der Waals surface area contributed by atoms with Crippen LogP contribution in [0.25, 0.3) is 0 Å². The van der Waals surface area contributed by atoms with Crippen molar-refractivity contribution in [2.75, 3.05) is 0 Å². The van der Waals surface area contributed by atoms with Crippen molar-refractivity contribution in [2.45, 2.75) is 12.4 Å². The summed E-state index contributed by atoms with van der Waals surface area (Å²) in [7, 11) is 0. The summed E-state index contributed by atoms with van der Waals surface area (Å²) in [5.41, 5.74) is 1.04. The largest absolute Gasteiger partial charge is 0.224 e. The van der Waals surface area contributed by atoms with Crippen molar-refractivity contribution in [2.24, 2.45) is 0 Å². The summed E-state index contributed by atoms with van der Waals surface area (Å²) in [6.45, 7) is 0.579. The second-order valence-corrected chi connectivity index (χ2v) is 3.72. The predicted molar refractivity (Wildman–Crippen MR) is 57.9 cm³/mol. The van der Waals surface area contributed by atoms with Gasteiger partial charge in [-0.1, -0.05) is 23.7 Å². The van der Waals surface area contributed by atoms with Crippen LogP contribution in [0.15, 0.2) is 24.3 Å². The van der Waals surface area contributed by atoms with Crippen LogP contribution in [0.3, 0.4) is 0 Å². The van der Waals surface area contributed by atoms with Gasteiger partial charge in [0.2, 0.25) is 0 Å². The Morgan fingerprint density at radius 3 is 2.93 bits per heavy atom. The fraction of sp³-hybridized carbons (Fsp3) is 0.222. The summed E-state index contributed by atoms with van der Waals surface area (Å²) in [5.74, 6) is 0.949. The Kier molecular flexibility index (Phi) is 3.18. The Morgan fingerprint density at radius 1 is 1.33 bits per heavy atom. The number of halogens is 2. The Balaban J connectivity index is 2.22. The van der Waals surface area contributed by atoms with Crippen LogP contribution in [0.5, 0.6) is 0 Å². The standard InChI is InChI=1S/C9H8Cl2N4/c10-5-9-12-13-14-15(9)6-7-2-1-3-8(11)4-7/h1-4H,5-6H2. The number of hydrogen-bond donors (Lipinski definition) is 0. The summed E-state index contributed by atoms with van der Waals surface area (Å²) >= 11 is 11.6. The first-order valence-electron chi connectivity index (χ1n) is 4.35. The Hall–Kier alpha value is -1.13. The van der Waals surface area contributed by atoms with Crippen LogP contribution in [0, 0.1) is 0 Å². The molecule has 0 aliphatic heterocycles. The normalized spacial score (nSPS) is 10.5. The molecule has 0 aliphatic carbocycles. The summed E-state index contributed by atoms with van der Waals surface area (Å²) in [4.78, 5) is 0. The van der Waals surface area contributed by atoms with Crippen LogP contribution in [0.2, 0.25) is 5.02 Å². The van der Waals surface area contributed by atoms with E-state index >= 15 is 0 Å². The molecule has 4 nitrogen and oxygen atoms in total. The molecule has 0 aliphatic rings. The van der Waals surface area contributed by atoms with Gasteiger partial charge in [0.25, 0.3) is 0 Å². The lowest BCUT2D eigenvalue weighted by Crippen LogP contribution is -2.05. The minimum Gasteiger partial charge on any atom is -0.224 e. The number of alkyl halides is 1. The molecule has 0 unspecified atom stereocenters. The lowest BCUT2D eigenvalue weighted by molar-refractivity contribution is 0.630. The molecule has 15 heavy (non-hydrogen) atoms. The van der Waals surface area contributed by atoms with Gasteiger partial charge in [0, 0.05) is 5.02 Å². The van der Waals surface area contributed by atoms with Crippen molar-refractivity contribution < 1.29 is 0 Å². The van der Waals surface area contributed by atoms with Crippen molar-refractivity contribution >= 4 is 23.2 Å². The number of hydrogen-bond acceptors (Lipinski definition) is 3. The molecule has 6 heteroatoms. The van der Waals surface area contributed by atoms with Gasteiger partial charge in [-0.2, -0.15) is 0 Å². The molecule has 0 saturated carbocycles. The molecule has 0 fully saturated rings. The molecule has 1 aromatic heterocycles. The zero-order chi connectivity index (χ0) is 10.7. The summed E-state index contributed by atoms with van der Waals surface area (Å²) in [6.07, 6.45) is 0. The first-order chi connectivity index (χ1) is 7.29. The number of aromatic nitrogens is 4. The predicted octanol–water partition coefficient (Wildman–Crippen LogP) is 2.11. The molecule has 1 aromatic carbocycles. The highest BCUT2D eigenvalue weighted by molar-refractivity contribution is 6.30. The maximum atomic E-state index is 5.87. The third-order valence-electron chi connectivity index (χ3n) is 1.95. The molecule has 0 atom stereocenters. The average molecular weight is 243 g/mol. The van der Waals surface area contributed by atoms with Gasteiger partial charge in [0.15, 0.2) is 5.82 Å². The SMILES string of the molecule is ClCc1nnnn1Cc1cccc(Cl)c1. The Bertz CT molecular complexity index is 455. The van der Waals surface area contributed by atoms with Crippen LogP contribution >= 0.6 is 23.2 Å². The zero-order valence-electron chi connectivity index (χ0n) is 7.77. The van der Waals surface area contributed by atoms with Crippen molar-refractivity contribution in [3.05, 3.63) is 40.7 Å². The highest BCUT2D eigenvalue weighted by atomic mass is 35.5. The van der Waals surface area contributed by atoms with Crippen molar-refractivity contribution in [1.29, 1.82) is 0 Å². The second-order valence-electron chi connectivity index (χ2n) is 3.02. The lowest BCUT2D eigenvalue weighted by Gasteiger charge is -2.02. The summed E-state index contributed by atoms with van der Waals surface area (Å²) in [6, 6.07) is 7.56. The van der Waals surface area contributed by atoms with Gasteiger partial charge in [0.05, 0.1) is 12.4 Å². The van der Waals surface area contributed by atoms with Crippen LogP contribution in [0.1, 0.15) is 11.4 Å². The van der Waals surface area contributed by atoms with Gasteiger partial charge in [-0.15, -0.1) is 16.7 Å². The van der Waals surface area contributed by atoms with Gasteiger partial charge in [-0.25, -0.2) is 4.68 Å². The first-order valence-corrected chi connectivity index (χ1v) is 5.26. The van der Waals surface area contributed by atoms with Crippen LogP contribution in [0.4, 0.5) is 0 Å². The van der Waals surface area contributed by atoms with E-state index in [0.717, 1.165) is 5.56 Å². The van der Waals surface area contributed by atoms with Crippen molar-refractivity contribution in [3.8, 4) is 0 Å². The molecule has 0 amide bonds. The smallest absolute Gasteiger partial charge is 0.166 e. The van der Waals surface area contributed by atoms with E-state index < -0.39 is 0 Å². The highest BCUT2D eigenvalue weighted by Crippen LogP contribution is 2.12. The molecule has 2 aromatic rings. The average Bonchev–Trinajstić information content (AvgIpc) is 2.65. The molecule has 0 saturated heterocycles. The van der Waals surface area contributed by atoms with E-state index in [1.54, 1.807) is 4.68 Å². The second kappa shape index (κ2) is 4.59. The number of nitrogens with zero attached hydrogens (tertiary/aromatic N) is 4. The molecule has 1 heterocycles. The fourth-order valence-electron chi connectivity index (χ4n) is 1.25. The van der Waals surface area contributed by atoms with Crippen LogP contribution in [-0.2, 0) is 12.4 Å². The van der Waals surface area contributed by atoms with E-state index in [0.29, 0.717) is 23.3 Å². The minimum absolute atomic E-state index is 0.299. The van der Waals surface area contributed by atoms with Crippen molar-refractivity contribution in [3.63, 3.8) is 0 Å². The van der Waals surface area contributed by atoms with Crippen LogP contribution in [-0.4, -0.2) is 20.2 Å². The van der Waals surface area contributed by atoms with E-state index in [9.17, 15) is 0 Å². The third kappa shape index (κ3) is 2.46. The first kappa shape index (κ1) is 10.4. The highest BCUT2D eigenvalue weighted by Gasteiger charge is 2.04. The molecule has 0 radical (unpaired) electrons. The minimum atomic E-state index is 0.299. The van der Waals surface area contributed by atoms with Gasteiger partial charge >= 0.3 is 0 Å². The van der Waals surface area contributed by atoms with Gasteiger partial charge < -0.3 is 0 Å². The summed E-state index contributed by atoms with van der Waals surface area (Å²) in [5, 5.41) is 11.9. The van der Waals surface area contributed by atoms with E-state index in [4.69, 9.17) is 23.2 Å². The van der Waals surface area contributed by atoms with E-state index in [1.165, 1.54) is 0 Å². The third-order valence-corrected chi connectivity index (χ3v) is 2.42. The zero-order valence-corrected chi connectivity index (χ0v) is 9.28. The number of tetrazole rings is 1. The van der Waals surface area contributed by atoms with Gasteiger partial charge in [-0.05, 0) is 28.1 Å². The van der Waals surface area contributed by atoms with Crippen LogP contribution < -0.4 is 0 Å². The maximum absolute atomic E-state index is 5.87. The topological polar surface area (TPSA) is 43.6 Å². The van der Waals surface area contributed by atoms with E-state index in [1.807, 2.05) is 24.3 Å². The number of rotatable bonds is 3. The lowest BCUT2D eigenvalue weighted by atomic mass is 10.2. The molecule has 0 bridgehead atoms. The molecule has 0 N–H and O–H groups in total. The summed E-state index contributed by atoms with van der Waals surface area (Å²) < 4.78 is 1.65. The maximum Gasteiger partial charge on any atom is 0.166 e. The monoisotopic (exact) mass is 242 g/mol. The Morgan fingerprint density at radius 2 is 2.20 bits per heavy atom. The molecule has 0 spiro atoms. The number of benzene rings is 1. The van der Waals surface area contributed by atoms with Gasteiger partial charge in [0.1, 0.15) is 0 Å². The van der Waals surface area contributed by atoms with Crippen molar-refractivity contribution in [1.82, 2.24) is 20.2 Å². The molecule has 78 valence electrons.